The van der Waals surface area contributed by atoms with Crippen LogP contribution in [0.25, 0.3) is 20.7 Å². The van der Waals surface area contributed by atoms with Crippen LogP contribution in [0.3, 0.4) is 0 Å². The number of thiophene rings is 1. The Morgan fingerprint density at radius 1 is 0.956 bits per heavy atom. The van der Waals surface area contributed by atoms with Gasteiger partial charge in [0.25, 0.3) is 0 Å². The molecule has 3 aromatic carbocycles. The molecule has 10 heteroatoms. The summed E-state index contributed by atoms with van der Waals surface area (Å²) in [6.45, 7) is 5.29. The molecule has 1 saturated heterocycles. The average molecular weight is 624 g/mol. The predicted molar refractivity (Wildman–Crippen MR) is 177 cm³/mol. The third-order valence-corrected chi connectivity index (χ3v) is 9.07. The first-order valence-corrected chi connectivity index (χ1v) is 15.6. The van der Waals surface area contributed by atoms with Gasteiger partial charge in [0, 0.05) is 74.4 Å². The van der Waals surface area contributed by atoms with Gasteiger partial charge in [0.05, 0.1) is 10.2 Å². The molecule has 2 aromatic heterocycles. The van der Waals surface area contributed by atoms with E-state index in [0.29, 0.717) is 11.4 Å². The molecule has 0 radical (unpaired) electrons. The Morgan fingerprint density at radius 3 is 2.44 bits per heavy atom. The Hall–Kier alpha value is -4.64. The van der Waals surface area contributed by atoms with Crippen LogP contribution in [0, 0.1) is 5.82 Å². The third kappa shape index (κ3) is 7.37. The largest absolute Gasteiger partial charge is 0.453 e. The lowest BCUT2D eigenvalue weighted by Crippen LogP contribution is -2.43. The van der Waals surface area contributed by atoms with E-state index in [1.54, 1.807) is 48.8 Å². The molecule has 1 fully saturated rings. The van der Waals surface area contributed by atoms with Crippen molar-refractivity contribution < 1.29 is 18.7 Å². The number of hydrogen-bond donors (Lipinski definition) is 1. The molecule has 6 rings (SSSR count). The number of fused-ring (bicyclic) bond motifs is 1. The minimum absolute atomic E-state index is 0.0172. The van der Waals surface area contributed by atoms with E-state index in [-0.39, 0.29) is 23.8 Å². The van der Waals surface area contributed by atoms with Gasteiger partial charge in [-0.15, -0.1) is 11.3 Å². The summed E-state index contributed by atoms with van der Waals surface area (Å²) in [6, 6.07) is 25.6. The quantitative estimate of drug-likeness (QED) is 0.186. The zero-order valence-corrected chi connectivity index (χ0v) is 26.0. The number of aromatic nitrogens is 1. The number of carbonyl (C=O) groups excluding carboxylic acids is 2. The van der Waals surface area contributed by atoms with Crippen molar-refractivity contribution in [3.63, 3.8) is 0 Å². The van der Waals surface area contributed by atoms with Gasteiger partial charge >= 0.3 is 0 Å². The molecular weight excluding hydrogens is 589 g/mol. The van der Waals surface area contributed by atoms with E-state index in [1.165, 1.54) is 22.6 Å². The van der Waals surface area contributed by atoms with Crippen LogP contribution in [0.15, 0.2) is 91.1 Å². The topological polar surface area (TPSA) is 78.0 Å². The summed E-state index contributed by atoms with van der Waals surface area (Å²) in [4.78, 5) is 36.8. The van der Waals surface area contributed by atoms with Crippen molar-refractivity contribution in [2.75, 3.05) is 50.5 Å². The molecule has 3 heterocycles. The highest BCUT2D eigenvalue weighted by Crippen LogP contribution is 2.40. The van der Waals surface area contributed by atoms with Crippen LogP contribution in [-0.2, 0) is 16.1 Å². The number of nitrogens with one attached hydrogen (secondary N) is 1. The number of carbonyl (C=O) groups is 2. The number of para-hydroxylation sites is 1. The molecule has 45 heavy (non-hydrogen) atoms. The number of halogens is 1. The lowest BCUT2D eigenvalue weighted by Gasteiger charge is -2.32. The van der Waals surface area contributed by atoms with E-state index in [4.69, 9.17) is 4.74 Å². The van der Waals surface area contributed by atoms with E-state index >= 15 is 4.39 Å². The van der Waals surface area contributed by atoms with E-state index < -0.39 is 11.7 Å². The number of anilines is 2. The van der Waals surface area contributed by atoms with Crippen LogP contribution in [0.2, 0.25) is 0 Å². The van der Waals surface area contributed by atoms with Crippen molar-refractivity contribution >= 4 is 44.7 Å². The monoisotopic (exact) mass is 623 g/mol. The van der Waals surface area contributed by atoms with Crippen molar-refractivity contribution in [3.05, 3.63) is 103 Å². The number of nitrogens with zero attached hydrogens (tertiary/aromatic N) is 4. The SMILES string of the molecule is CN1CCN(Cc2ccc(-c3cc4nccc(Oc5ccc(NC(=O)CC(=O)N(C)c6ccccc6)cc5F)c4s3)cc2)CC1. The molecule has 0 unspecified atom stereocenters. The molecule has 0 aliphatic carbocycles. The Bertz CT molecular complexity index is 1800. The van der Waals surface area contributed by atoms with Gasteiger partial charge in [-0.1, -0.05) is 42.5 Å². The summed E-state index contributed by atoms with van der Waals surface area (Å²) >= 11 is 1.54. The molecule has 1 aliphatic rings. The van der Waals surface area contributed by atoms with Crippen molar-refractivity contribution in [2.45, 2.75) is 13.0 Å². The molecule has 0 atom stereocenters. The average Bonchev–Trinajstić information content (AvgIpc) is 3.49. The highest BCUT2D eigenvalue weighted by atomic mass is 32.1. The summed E-state index contributed by atoms with van der Waals surface area (Å²) in [5.74, 6) is -1.04. The molecule has 2 amide bonds. The van der Waals surface area contributed by atoms with Gasteiger partial charge in [-0.25, -0.2) is 4.39 Å². The van der Waals surface area contributed by atoms with E-state index in [1.807, 2.05) is 24.3 Å². The van der Waals surface area contributed by atoms with Gasteiger partial charge < -0.3 is 19.9 Å². The molecule has 0 bridgehead atoms. The molecule has 0 saturated carbocycles. The lowest BCUT2D eigenvalue weighted by atomic mass is 10.1. The standard InChI is InChI=1S/C35H34FN5O3S/c1-39-16-18-41(19-17-39)23-24-8-10-25(11-9-24)32-21-29-35(45-32)31(14-15-37-29)44-30-13-12-26(20-28(30)36)38-33(42)22-34(43)40(2)27-6-4-3-5-7-27/h3-15,20-21H,16-19,22-23H2,1-2H3,(H,38,42). The normalized spacial score (nSPS) is 13.9. The Labute approximate surface area is 265 Å². The number of amides is 2. The second-order valence-corrected chi connectivity index (χ2v) is 12.2. The van der Waals surface area contributed by atoms with Crippen LogP contribution < -0.4 is 15.0 Å². The first-order valence-electron chi connectivity index (χ1n) is 14.8. The van der Waals surface area contributed by atoms with Gasteiger partial charge in [0.15, 0.2) is 11.6 Å². The Kier molecular flexibility index (Phi) is 9.16. The maximum atomic E-state index is 15.1. The fourth-order valence-corrected chi connectivity index (χ4v) is 6.28. The van der Waals surface area contributed by atoms with Gasteiger partial charge in [0.1, 0.15) is 12.2 Å². The van der Waals surface area contributed by atoms with Crippen molar-refractivity contribution in [1.29, 1.82) is 0 Å². The zero-order chi connectivity index (χ0) is 31.3. The highest BCUT2D eigenvalue weighted by Gasteiger charge is 2.18. The number of likely N-dealkylation sites (N-methyl/N-ethyl adjacent to an activating group) is 1. The summed E-state index contributed by atoms with van der Waals surface area (Å²) < 4.78 is 21.9. The number of hydrogen-bond acceptors (Lipinski definition) is 7. The molecule has 1 N–H and O–H groups in total. The van der Waals surface area contributed by atoms with Crippen molar-refractivity contribution in [2.24, 2.45) is 0 Å². The zero-order valence-electron chi connectivity index (χ0n) is 25.2. The number of benzene rings is 3. The van der Waals surface area contributed by atoms with Crippen LogP contribution in [-0.4, -0.2) is 66.9 Å². The first kappa shape index (κ1) is 30.4. The van der Waals surface area contributed by atoms with Crippen molar-refractivity contribution in [3.8, 4) is 21.9 Å². The summed E-state index contributed by atoms with van der Waals surface area (Å²) in [5, 5.41) is 2.60. The number of rotatable bonds is 9. The van der Waals surface area contributed by atoms with Gasteiger partial charge in [-0.3, -0.25) is 19.5 Å². The molecule has 5 aromatic rings. The maximum Gasteiger partial charge on any atom is 0.236 e. The van der Waals surface area contributed by atoms with E-state index in [0.717, 1.165) is 53.4 Å². The van der Waals surface area contributed by atoms with Crippen LogP contribution in [0.4, 0.5) is 15.8 Å². The third-order valence-electron chi connectivity index (χ3n) is 7.88. The lowest BCUT2D eigenvalue weighted by molar-refractivity contribution is -0.125. The van der Waals surface area contributed by atoms with Gasteiger partial charge in [0.2, 0.25) is 11.8 Å². The minimum Gasteiger partial charge on any atom is -0.453 e. The minimum atomic E-state index is -0.641. The number of ether oxygens (including phenoxy) is 1. The second kappa shape index (κ2) is 13.6. The molecule has 1 aliphatic heterocycles. The first-order chi connectivity index (χ1) is 21.8. The molecule has 8 nitrogen and oxygen atoms in total. The van der Waals surface area contributed by atoms with Gasteiger partial charge in [-0.05, 0) is 48.5 Å². The maximum absolute atomic E-state index is 15.1. The Balaban J connectivity index is 1.10. The van der Waals surface area contributed by atoms with E-state index in [9.17, 15) is 9.59 Å². The van der Waals surface area contributed by atoms with E-state index in [2.05, 4.69) is 51.4 Å². The van der Waals surface area contributed by atoms with Crippen molar-refractivity contribution in [1.82, 2.24) is 14.8 Å². The molecular formula is C35H34FN5O3S. The van der Waals surface area contributed by atoms with Crippen LogP contribution in [0.5, 0.6) is 11.5 Å². The number of piperazine rings is 1. The number of pyridine rings is 1. The fourth-order valence-electron chi connectivity index (χ4n) is 5.21. The highest BCUT2D eigenvalue weighted by molar-refractivity contribution is 7.22. The second-order valence-electron chi connectivity index (χ2n) is 11.2. The van der Waals surface area contributed by atoms with Crippen LogP contribution >= 0.6 is 11.3 Å². The van der Waals surface area contributed by atoms with Gasteiger partial charge in [-0.2, -0.15) is 0 Å². The predicted octanol–water partition coefficient (Wildman–Crippen LogP) is 6.63. The fraction of sp³-hybridized carbons (Fsp3) is 0.229. The smallest absolute Gasteiger partial charge is 0.236 e. The summed E-state index contributed by atoms with van der Waals surface area (Å²) in [5.41, 5.74) is 4.05. The summed E-state index contributed by atoms with van der Waals surface area (Å²) in [7, 11) is 3.77. The molecule has 230 valence electrons. The summed E-state index contributed by atoms with van der Waals surface area (Å²) in [6.07, 6.45) is 1.27. The Morgan fingerprint density at radius 2 is 1.71 bits per heavy atom. The van der Waals surface area contributed by atoms with Crippen LogP contribution in [0.1, 0.15) is 12.0 Å². The molecule has 0 spiro atoms.